The second kappa shape index (κ2) is 9.14. The summed E-state index contributed by atoms with van der Waals surface area (Å²) in [6.45, 7) is 5.56. The lowest BCUT2D eigenvalue weighted by atomic mass is 9.95. The fourth-order valence-corrected chi connectivity index (χ4v) is 5.20. The van der Waals surface area contributed by atoms with Crippen LogP contribution < -0.4 is 15.0 Å². The predicted molar refractivity (Wildman–Crippen MR) is 131 cm³/mol. The van der Waals surface area contributed by atoms with Crippen LogP contribution in [-0.4, -0.2) is 56.4 Å². The fourth-order valence-electron chi connectivity index (χ4n) is 5.20. The Morgan fingerprint density at radius 3 is 2.71 bits per heavy atom. The maximum Gasteiger partial charge on any atom is 0.253 e. The van der Waals surface area contributed by atoms with Crippen LogP contribution in [0.5, 0.6) is 11.5 Å². The van der Waals surface area contributed by atoms with Crippen LogP contribution in [0.2, 0.25) is 0 Å². The number of hydrogen-bond acceptors (Lipinski definition) is 7. The Labute approximate surface area is 202 Å². The van der Waals surface area contributed by atoms with E-state index in [-0.39, 0.29) is 11.6 Å². The number of nitrogens with one attached hydrogen (secondary N) is 1. The van der Waals surface area contributed by atoms with E-state index < -0.39 is 0 Å². The van der Waals surface area contributed by atoms with Gasteiger partial charge in [0.25, 0.3) is 5.56 Å². The molecule has 1 N–H and O–H groups in total. The summed E-state index contributed by atoms with van der Waals surface area (Å²) < 4.78 is 13.3. The van der Waals surface area contributed by atoms with Crippen molar-refractivity contribution in [1.29, 1.82) is 0 Å². The van der Waals surface area contributed by atoms with Crippen molar-refractivity contribution in [3.63, 3.8) is 0 Å². The standard InChI is InChI=1S/C26H28N6O3/c1-17-6-5-9-31(15-17)24(25-28-29-30-32(25)16-18-7-3-2-4-8-18)20-12-19-13-22-23(35-11-10-34-22)14-21(19)27-26(20)33/h2-4,7-8,12-14,17,24H,5-6,9-11,15-16H2,1H3,(H,27,33)/t17-,24+/m1/s1. The lowest BCUT2D eigenvalue weighted by Gasteiger charge is -2.36. The molecule has 0 spiro atoms. The minimum Gasteiger partial charge on any atom is -0.486 e. The summed E-state index contributed by atoms with van der Waals surface area (Å²) in [5.74, 6) is 2.55. The number of benzene rings is 2. The molecule has 1 saturated heterocycles. The molecule has 6 rings (SSSR count). The number of likely N-dealkylation sites (tertiary alicyclic amines) is 1. The van der Waals surface area contributed by atoms with Gasteiger partial charge in [0.15, 0.2) is 17.3 Å². The molecule has 35 heavy (non-hydrogen) atoms. The molecule has 0 saturated carbocycles. The molecule has 0 radical (unpaired) electrons. The number of nitrogens with zero attached hydrogens (tertiary/aromatic N) is 5. The molecule has 4 heterocycles. The molecule has 9 heteroatoms. The van der Waals surface area contributed by atoms with Gasteiger partial charge in [0, 0.05) is 23.6 Å². The first kappa shape index (κ1) is 21.8. The maximum atomic E-state index is 13.5. The number of ether oxygens (including phenoxy) is 2. The number of fused-ring (bicyclic) bond motifs is 2. The van der Waals surface area contributed by atoms with Gasteiger partial charge in [-0.3, -0.25) is 9.69 Å². The van der Waals surface area contributed by atoms with Gasteiger partial charge in [0.2, 0.25) is 0 Å². The van der Waals surface area contributed by atoms with E-state index in [0.717, 1.165) is 36.0 Å². The van der Waals surface area contributed by atoms with E-state index in [9.17, 15) is 4.79 Å². The summed E-state index contributed by atoms with van der Waals surface area (Å²) in [5.41, 5.74) is 2.31. The third kappa shape index (κ3) is 4.27. The summed E-state index contributed by atoms with van der Waals surface area (Å²) in [4.78, 5) is 18.9. The molecule has 180 valence electrons. The van der Waals surface area contributed by atoms with E-state index in [1.807, 2.05) is 41.1 Å². The van der Waals surface area contributed by atoms with Crippen molar-refractivity contribution in [2.75, 3.05) is 26.3 Å². The van der Waals surface area contributed by atoms with Crippen LogP contribution in [0.15, 0.2) is 53.3 Å². The molecule has 2 aromatic carbocycles. The highest BCUT2D eigenvalue weighted by Gasteiger charge is 2.33. The number of aromatic amines is 1. The maximum absolute atomic E-state index is 13.5. The molecule has 2 aliphatic rings. The van der Waals surface area contributed by atoms with Crippen LogP contribution in [0.4, 0.5) is 0 Å². The summed E-state index contributed by atoms with van der Waals surface area (Å²) in [5, 5.41) is 13.7. The van der Waals surface area contributed by atoms with Crippen molar-refractivity contribution in [2.24, 2.45) is 5.92 Å². The minimum absolute atomic E-state index is 0.147. The highest BCUT2D eigenvalue weighted by molar-refractivity contribution is 5.83. The van der Waals surface area contributed by atoms with E-state index in [2.05, 4.69) is 44.5 Å². The molecule has 0 aliphatic carbocycles. The Kier molecular flexibility index (Phi) is 5.69. The normalized spacial score (nSPS) is 19.1. The Balaban J connectivity index is 1.47. The zero-order chi connectivity index (χ0) is 23.8. The zero-order valence-electron chi connectivity index (χ0n) is 19.7. The highest BCUT2D eigenvalue weighted by atomic mass is 16.6. The van der Waals surface area contributed by atoms with E-state index in [1.165, 1.54) is 6.42 Å². The quantitative estimate of drug-likeness (QED) is 0.476. The number of pyridine rings is 1. The number of H-pyrrole nitrogens is 1. The monoisotopic (exact) mass is 472 g/mol. The summed E-state index contributed by atoms with van der Waals surface area (Å²) in [7, 11) is 0. The van der Waals surface area contributed by atoms with Gasteiger partial charge in [-0.05, 0) is 53.4 Å². The Hall–Kier alpha value is -3.72. The molecular formula is C26H28N6O3. The molecule has 2 atom stereocenters. The minimum atomic E-state index is -0.363. The topological polar surface area (TPSA) is 98.2 Å². The third-order valence-electron chi connectivity index (χ3n) is 6.86. The number of tetrazole rings is 1. The van der Waals surface area contributed by atoms with Crippen molar-refractivity contribution in [1.82, 2.24) is 30.1 Å². The zero-order valence-corrected chi connectivity index (χ0v) is 19.7. The second-order valence-electron chi connectivity index (χ2n) is 9.46. The molecular weight excluding hydrogens is 444 g/mol. The van der Waals surface area contributed by atoms with Crippen LogP contribution in [0.1, 0.15) is 42.8 Å². The van der Waals surface area contributed by atoms with Crippen molar-refractivity contribution >= 4 is 10.9 Å². The van der Waals surface area contributed by atoms with Gasteiger partial charge in [-0.15, -0.1) is 5.10 Å². The number of piperidine rings is 1. The van der Waals surface area contributed by atoms with Gasteiger partial charge in [-0.2, -0.15) is 0 Å². The van der Waals surface area contributed by atoms with Crippen LogP contribution >= 0.6 is 0 Å². The van der Waals surface area contributed by atoms with Gasteiger partial charge in [0.1, 0.15) is 19.3 Å². The van der Waals surface area contributed by atoms with Crippen LogP contribution in [-0.2, 0) is 6.54 Å². The molecule has 0 bridgehead atoms. The van der Waals surface area contributed by atoms with Crippen LogP contribution in [0, 0.1) is 5.92 Å². The molecule has 0 unspecified atom stereocenters. The number of aromatic nitrogens is 5. The lowest BCUT2D eigenvalue weighted by molar-refractivity contribution is 0.141. The van der Waals surface area contributed by atoms with Gasteiger partial charge >= 0.3 is 0 Å². The first-order chi connectivity index (χ1) is 17.2. The smallest absolute Gasteiger partial charge is 0.253 e. The number of hydrogen-bond donors (Lipinski definition) is 1. The molecule has 9 nitrogen and oxygen atoms in total. The van der Waals surface area contributed by atoms with Crippen LogP contribution in [0.3, 0.4) is 0 Å². The van der Waals surface area contributed by atoms with Crippen molar-refractivity contribution < 1.29 is 9.47 Å². The van der Waals surface area contributed by atoms with Gasteiger partial charge in [-0.25, -0.2) is 4.68 Å². The molecule has 0 amide bonds. The van der Waals surface area contributed by atoms with E-state index in [4.69, 9.17) is 9.47 Å². The Morgan fingerprint density at radius 1 is 1.11 bits per heavy atom. The SMILES string of the molecule is C[C@@H]1CCCN([C@@H](c2cc3cc4c(cc3[nH]c2=O)OCCO4)c2nnnn2Cc2ccccc2)C1. The summed E-state index contributed by atoms with van der Waals surface area (Å²) >= 11 is 0. The average Bonchev–Trinajstić information content (AvgIpc) is 3.31. The molecule has 4 aromatic rings. The van der Waals surface area contributed by atoms with E-state index >= 15 is 0 Å². The molecule has 2 aromatic heterocycles. The summed E-state index contributed by atoms with van der Waals surface area (Å²) in [6.07, 6.45) is 2.25. The van der Waals surface area contributed by atoms with Crippen molar-refractivity contribution in [3.05, 3.63) is 75.8 Å². The average molecular weight is 473 g/mol. The second-order valence-corrected chi connectivity index (χ2v) is 9.46. The lowest BCUT2D eigenvalue weighted by Crippen LogP contribution is -2.41. The van der Waals surface area contributed by atoms with Crippen LogP contribution in [0.25, 0.3) is 10.9 Å². The summed E-state index contributed by atoms with van der Waals surface area (Å²) in [6, 6.07) is 15.5. The van der Waals surface area contributed by atoms with Gasteiger partial charge < -0.3 is 14.5 Å². The Morgan fingerprint density at radius 2 is 1.91 bits per heavy atom. The van der Waals surface area contributed by atoms with E-state index in [0.29, 0.717) is 48.6 Å². The molecule has 2 aliphatic heterocycles. The largest absolute Gasteiger partial charge is 0.486 e. The molecule has 1 fully saturated rings. The van der Waals surface area contributed by atoms with Gasteiger partial charge in [0.05, 0.1) is 12.1 Å². The van der Waals surface area contributed by atoms with Crippen molar-refractivity contribution in [3.8, 4) is 11.5 Å². The van der Waals surface area contributed by atoms with Crippen molar-refractivity contribution in [2.45, 2.75) is 32.4 Å². The number of rotatable bonds is 5. The van der Waals surface area contributed by atoms with E-state index in [1.54, 1.807) is 0 Å². The Bertz CT molecular complexity index is 1400. The first-order valence-corrected chi connectivity index (χ1v) is 12.2. The van der Waals surface area contributed by atoms with Gasteiger partial charge in [-0.1, -0.05) is 37.3 Å². The highest BCUT2D eigenvalue weighted by Crippen LogP contribution is 2.36. The predicted octanol–water partition coefficient (Wildman–Crippen LogP) is 3.16. The first-order valence-electron chi connectivity index (χ1n) is 12.2. The fraction of sp³-hybridized carbons (Fsp3) is 0.385. The third-order valence-corrected chi connectivity index (χ3v) is 6.86.